The maximum absolute atomic E-state index is 6.98. The van der Waals surface area contributed by atoms with Crippen LogP contribution in [0.4, 0.5) is 11.4 Å². The molecule has 1 aliphatic heterocycles. The highest BCUT2D eigenvalue weighted by Gasteiger charge is 2.36. The fourth-order valence-corrected chi connectivity index (χ4v) is 7.23. The topological polar surface area (TPSA) is 50.7 Å². The van der Waals surface area contributed by atoms with E-state index in [2.05, 4.69) is 93.6 Å². The van der Waals surface area contributed by atoms with Gasteiger partial charge in [0.15, 0.2) is 0 Å². The van der Waals surface area contributed by atoms with Gasteiger partial charge in [-0.3, -0.25) is 8.76 Å². The zero-order valence-electron chi connectivity index (χ0n) is 23.5. The molecule has 0 N–H and O–H groups in total. The van der Waals surface area contributed by atoms with Crippen molar-refractivity contribution in [1.29, 1.82) is 0 Å². The van der Waals surface area contributed by atoms with Gasteiger partial charge < -0.3 is 4.74 Å². The largest absolute Gasteiger partial charge is 0.473 e. The molecule has 0 fully saturated rings. The van der Waals surface area contributed by atoms with Crippen LogP contribution in [0.3, 0.4) is 0 Å². The van der Waals surface area contributed by atoms with Crippen LogP contribution >= 0.6 is 43.6 Å². The maximum atomic E-state index is 6.98. The molecule has 4 rings (SSSR count). The SMILES string of the molecule is CCCCC(CCC)OC1=CN(Br)c2c(c(-c3ccccc3)c(Br)c3nnsc23)N1OC(CCC)CCCC. The highest BCUT2D eigenvalue weighted by Crippen LogP contribution is 2.54. The van der Waals surface area contributed by atoms with Gasteiger partial charge in [0.1, 0.15) is 27.7 Å². The van der Waals surface area contributed by atoms with Crippen LogP contribution in [0, 0.1) is 0 Å². The Hall–Kier alpha value is -1.68. The van der Waals surface area contributed by atoms with Crippen molar-refractivity contribution < 1.29 is 9.57 Å². The fourth-order valence-electron chi connectivity index (χ4n) is 5.05. The van der Waals surface area contributed by atoms with Crippen LogP contribution in [-0.4, -0.2) is 21.8 Å². The van der Waals surface area contributed by atoms with Crippen LogP contribution in [0.5, 0.6) is 0 Å². The second kappa shape index (κ2) is 14.8. The number of halogens is 2. The van der Waals surface area contributed by atoms with Gasteiger partial charge in [0.25, 0.3) is 0 Å². The number of ether oxygens (including phenoxy) is 1. The summed E-state index contributed by atoms with van der Waals surface area (Å²) in [6, 6.07) is 10.4. The molecule has 9 heteroatoms. The smallest absolute Gasteiger partial charge is 0.236 e. The predicted octanol–water partition coefficient (Wildman–Crippen LogP) is 10.5. The summed E-state index contributed by atoms with van der Waals surface area (Å²) in [7, 11) is 0. The lowest BCUT2D eigenvalue weighted by Crippen LogP contribution is -2.36. The second-order valence-corrected chi connectivity index (χ2v) is 12.4. The first-order valence-corrected chi connectivity index (χ1v) is 16.6. The van der Waals surface area contributed by atoms with Gasteiger partial charge in [-0.2, -0.15) is 5.06 Å². The molecule has 2 heterocycles. The molecule has 212 valence electrons. The van der Waals surface area contributed by atoms with Crippen molar-refractivity contribution in [1.82, 2.24) is 9.59 Å². The summed E-state index contributed by atoms with van der Waals surface area (Å²) in [5.74, 6) is 0.701. The van der Waals surface area contributed by atoms with Gasteiger partial charge in [0.05, 0.1) is 32.9 Å². The molecule has 6 nitrogen and oxygen atoms in total. The van der Waals surface area contributed by atoms with Crippen molar-refractivity contribution in [2.75, 3.05) is 8.99 Å². The number of benzene rings is 2. The highest BCUT2D eigenvalue weighted by molar-refractivity contribution is 9.10. The summed E-state index contributed by atoms with van der Waals surface area (Å²) in [6.45, 7) is 8.91. The summed E-state index contributed by atoms with van der Waals surface area (Å²) >= 11 is 9.15. The summed E-state index contributed by atoms with van der Waals surface area (Å²) in [5, 5.41) is 6.47. The van der Waals surface area contributed by atoms with Gasteiger partial charge in [-0.25, -0.2) is 0 Å². The van der Waals surface area contributed by atoms with Crippen LogP contribution in [0.25, 0.3) is 21.3 Å². The van der Waals surface area contributed by atoms with Crippen LogP contribution in [0.1, 0.15) is 91.9 Å². The van der Waals surface area contributed by atoms with E-state index in [1.807, 2.05) is 21.3 Å². The van der Waals surface area contributed by atoms with Crippen LogP contribution in [-0.2, 0) is 9.57 Å². The Bertz CT molecular complexity index is 1240. The number of unbranched alkanes of at least 4 members (excludes halogenated alkanes) is 2. The molecule has 0 bridgehead atoms. The van der Waals surface area contributed by atoms with Gasteiger partial charge in [0.2, 0.25) is 5.88 Å². The molecule has 2 unspecified atom stereocenters. The maximum Gasteiger partial charge on any atom is 0.236 e. The Balaban J connectivity index is 1.91. The van der Waals surface area contributed by atoms with E-state index in [9.17, 15) is 0 Å². The van der Waals surface area contributed by atoms with Crippen molar-refractivity contribution in [2.24, 2.45) is 0 Å². The fraction of sp³-hybridized carbons (Fsp3) is 0.533. The Labute approximate surface area is 254 Å². The van der Waals surface area contributed by atoms with Gasteiger partial charge in [-0.05, 0) is 58.7 Å². The van der Waals surface area contributed by atoms with E-state index >= 15 is 0 Å². The number of fused-ring (bicyclic) bond motifs is 3. The number of hydroxylamine groups is 1. The number of anilines is 2. The first kappa shape index (κ1) is 30.3. The number of rotatable bonds is 15. The van der Waals surface area contributed by atoms with Gasteiger partial charge in [-0.15, -0.1) is 5.10 Å². The first-order valence-electron chi connectivity index (χ1n) is 14.4. The quantitative estimate of drug-likeness (QED) is 0.149. The highest BCUT2D eigenvalue weighted by atomic mass is 79.9. The van der Waals surface area contributed by atoms with Crippen molar-refractivity contribution in [3.63, 3.8) is 0 Å². The standard InChI is InChI=1S/C30H40Br2N4O2S/c1-5-9-18-22(14-7-3)37-24-20-35(32)29-28(36(24)38-23(15-8-4)19-10-6-2)25(21-16-12-11-13-17-21)26(31)27-30(29)39-34-33-27/h11-13,16-17,20,22-23H,5-10,14-15,18-19H2,1-4H3. The van der Waals surface area contributed by atoms with Crippen molar-refractivity contribution in [3.05, 3.63) is 46.9 Å². The lowest BCUT2D eigenvalue weighted by atomic mass is 10.0. The number of hydrogen-bond donors (Lipinski definition) is 0. The van der Waals surface area contributed by atoms with Crippen LogP contribution < -0.4 is 8.99 Å². The number of aromatic nitrogens is 2. The first-order chi connectivity index (χ1) is 19.0. The molecule has 0 amide bonds. The van der Waals surface area contributed by atoms with E-state index in [0.29, 0.717) is 5.88 Å². The molecule has 0 saturated heterocycles. The molecular weight excluding hydrogens is 640 g/mol. The monoisotopic (exact) mass is 678 g/mol. The molecule has 2 aromatic carbocycles. The van der Waals surface area contributed by atoms with Gasteiger partial charge in [-0.1, -0.05) is 101 Å². The van der Waals surface area contributed by atoms with Crippen LogP contribution in [0.15, 0.2) is 46.9 Å². The molecule has 0 aliphatic carbocycles. The summed E-state index contributed by atoms with van der Waals surface area (Å²) < 4.78 is 15.0. The average molecular weight is 681 g/mol. The molecule has 3 aromatic rings. The predicted molar refractivity (Wildman–Crippen MR) is 171 cm³/mol. The van der Waals surface area contributed by atoms with E-state index in [1.165, 1.54) is 11.5 Å². The van der Waals surface area contributed by atoms with Crippen molar-refractivity contribution in [2.45, 2.75) is 104 Å². The molecule has 1 aromatic heterocycles. The summed E-state index contributed by atoms with van der Waals surface area (Å²) in [6.07, 6.45) is 12.9. The summed E-state index contributed by atoms with van der Waals surface area (Å²) in [5.41, 5.74) is 4.81. The zero-order chi connectivity index (χ0) is 27.8. The van der Waals surface area contributed by atoms with Crippen molar-refractivity contribution >= 4 is 65.2 Å². The molecule has 39 heavy (non-hydrogen) atoms. The summed E-state index contributed by atoms with van der Waals surface area (Å²) in [4.78, 5) is 6.98. The molecule has 1 aliphatic rings. The molecule has 0 radical (unpaired) electrons. The zero-order valence-corrected chi connectivity index (χ0v) is 27.4. The Morgan fingerprint density at radius 3 is 2.21 bits per heavy atom. The minimum Gasteiger partial charge on any atom is -0.473 e. The molecule has 0 spiro atoms. The van der Waals surface area contributed by atoms with E-state index in [1.54, 1.807) is 0 Å². The van der Waals surface area contributed by atoms with Gasteiger partial charge >= 0.3 is 0 Å². The van der Waals surface area contributed by atoms with E-state index in [-0.39, 0.29) is 12.2 Å². The normalized spacial score (nSPS) is 14.9. The minimum atomic E-state index is 0.0784. The van der Waals surface area contributed by atoms with E-state index < -0.39 is 0 Å². The van der Waals surface area contributed by atoms with Crippen LogP contribution in [0.2, 0.25) is 0 Å². The third-order valence-corrected chi connectivity index (χ3v) is 9.08. The molecule has 2 atom stereocenters. The van der Waals surface area contributed by atoms with Crippen molar-refractivity contribution in [3.8, 4) is 11.1 Å². The molecule has 0 saturated carbocycles. The Morgan fingerprint density at radius 2 is 1.54 bits per heavy atom. The second-order valence-electron chi connectivity index (χ2n) is 10.1. The lowest BCUT2D eigenvalue weighted by molar-refractivity contribution is -0.0129. The number of hydrogen-bond acceptors (Lipinski definition) is 7. The van der Waals surface area contributed by atoms with E-state index in [4.69, 9.17) is 9.57 Å². The third kappa shape index (κ3) is 6.97. The third-order valence-electron chi connectivity index (χ3n) is 7.02. The Kier molecular flexibility index (Phi) is 11.5. The van der Waals surface area contributed by atoms with Gasteiger partial charge in [0, 0.05) is 5.56 Å². The lowest BCUT2D eigenvalue weighted by Gasteiger charge is -2.38. The average Bonchev–Trinajstić information content (AvgIpc) is 3.43. The number of nitrogens with zero attached hydrogens (tertiary/aromatic N) is 4. The molecular formula is C30H40Br2N4O2S. The van der Waals surface area contributed by atoms with E-state index in [0.717, 1.165) is 101 Å². The minimum absolute atomic E-state index is 0.0784. The Morgan fingerprint density at radius 1 is 0.872 bits per heavy atom.